The maximum atomic E-state index is 13.3. The topological polar surface area (TPSA) is 84.3 Å². The van der Waals surface area contributed by atoms with Gasteiger partial charge in [0.25, 0.3) is 15.9 Å². The van der Waals surface area contributed by atoms with Crippen LogP contribution in [0.1, 0.15) is 59.2 Å². The van der Waals surface area contributed by atoms with E-state index in [1.807, 2.05) is 55.6 Å². The number of hydrogen-bond acceptors (Lipinski definition) is 5. The Morgan fingerprint density at radius 2 is 1.65 bits per heavy atom. The molecular formula is C26H34N4O3S. The molecule has 0 fully saturated rings. The van der Waals surface area contributed by atoms with Gasteiger partial charge in [0.1, 0.15) is 5.69 Å². The second-order valence-corrected chi connectivity index (χ2v) is 11.7. The van der Waals surface area contributed by atoms with Gasteiger partial charge in [0.2, 0.25) is 0 Å². The summed E-state index contributed by atoms with van der Waals surface area (Å²) >= 11 is 0. The van der Waals surface area contributed by atoms with Crippen LogP contribution in [0.15, 0.2) is 47.4 Å². The number of amides is 1. The van der Waals surface area contributed by atoms with E-state index in [1.54, 1.807) is 27.8 Å². The SMILES string of the molecule is Cc1cc(C)c(Cn2nc(C(C)(C)C)cc2C(=O)NS(=O)(=O)c2cccc(N(C)C)c2)c(C)c1. The van der Waals surface area contributed by atoms with Crippen LogP contribution in [0.2, 0.25) is 0 Å². The van der Waals surface area contributed by atoms with Crippen molar-refractivity contribution in [2.24, 2.45) is 0 Å². The van der Waals surface area contributed by atoms with E-state index in [0.29, 0.717) is 12.2 Å². The summed E-state index contributed by atoms with van der Waals surface area (Å²) in [5.74, 6) is -0.708. The smallest absolute Gasteiger partial charge is 0.283 e. The summed E-state index contributed by atoms with van der Waals surface area (Å²) in [4.78, 5) is 15.1. The number of nitrogens with one attached hydrogen (secondary N) is 1. The molecule has 1 aromatic heterocycles. The van der Waals surface area contributed by atoms with Gasteiger partial charge < -0.3 is 4.90 Å². The van der Waals surface area contributed by atoms with Crippen LogP contribution in [0.5, 0.6) is 0 Å². The first-order chi connectivity index (χ1) is 15.7. The first-order valence-electron chi connectivity index (χ1n) is 11.2. The molecule has 3 rings (SSSR count). The number of carbonyl (C=O) groups excluding carboxylic acids is 1. The summed E-state index contributed by atoms with van der Waals surface area (Å²) in [5.41, 5.74) is 5.76. The fraction of sp³-hybridized carbons (Fsp3) is 0.385. The van der Waals surface area contributed by atoms with Gasteiger partial charge in [0, 0.05) is 25.2 Å². The lowest BCUT2D eigenvalue weighted by molar-refractivity contribution is 0.0971. The van der Waals surface area contributed by atoms with Crippen molar-refractivity contribution < 1.29 is 13.2 Å². The van der Waals surface area contributed by atoms with Gasteiger partial charge in [-0.25, -0.2) is 13.1 Å². The monoisotopic (exact) mass is 482 g/mol. The fourth-order valence-corrected chi connectivity index (χ4v) is 4.86. The van der Waals surface area contributed by atoms with Crippen molar-refractivity contribution in [1.82, 2.24) is 14.5 Å². The van der Waals surface area contributed by atoms with Crippen LogP contribution >= 0.6 is 0 Å². The van der Waals surface area contributed by atoms with Crippen LogP contribution in [-0.2, 0) is 22.0 Å². The first kappa shape index (κ1) is 25.5. The summed E-state index contributed by atoms with van der Waals surface area (Å²) in [6.45, 7) is 12.5. The zero-order chi connectivity index (χ0) is 25.4. The van der Waals surface area contributed by atoms with E-state index >= 15 is 0 Å². The quantitative estimate of drug-likeness (QED) is 0.565. The van der Waals surface area contributed by atoms with Crippen molar-refractivity contribution in [3.05, 3.63) is 76.1 Å². The predicted molar refractivity (Wildman–Crippen MR) is 136 cm³/mol. The molecule has 0 spiro atoms. The van der Waals surface area contributed by atoms with Crippen LogP contribution in [0.3, 0.4) is 0 Å². The predicted octanol–water partition coefficient (Wildman–Crippen LogP) is 4.34. The molecule has 0 bridgehead atoms. The molecule has 0 aliphatic carbocycles. The number of hydrogen-bond donors (Lipinski definition) is 1. The first-order valence-corrected chi connectivity index (χ1v) is 12.7. The highest BCUT2D eigenvalue weighted by atomic mass is 32.2. The molecule has 0 aliphatic rings. The van der Waals surface area contributed by atoms with Crippen molar-refractivity contribution in [1.29, 1.82) is 0 Å². The molecule has 0 saturated heterocycles. The van der Waals surface area contributed by atoms with Gasteiger partial charge in [0.05, 0.1) is 17.1 Å². The molecule has 0 radical (unpaired) electrons. The molecule has 182 valence electrons. The number of sulfonamides is 1. The molecule has 1 amide bonds. The summed E-state index contributed by atoms with van der Waals surface area (Å²) in [6, 6.07) is 12.3. The molecule has 0 unspecified atom stereocenters. The lowest BCUT2D eigenvalue weighted by Gasteiger charge is -2.15. The molecule has 8 heteroatoms. The van der Waals surface area contributed by atoms with Crippen LogP contribution < -0.4 is 9.62 Å². The van der Waals surface area contributed by atoms with Crippen molar-refractivity contribution in [2.45, 2.75) is 58.4 Å². The molecule has 0 atom stereocenters. The second-order valence-electron chi connectivity index (χ2n) is 10.0. The standard InChI is InChI=1S/C26H34N4O3S/c1-17-12-18(2)22(19(3)13-17)16-30-23(15-24(27-30)26(4,5)6)25(31)28-34(32,33)21-11-9-10-20(14-21)29(7)8/h9-15H,16H2,1-8H3,(H,28,31). The van der Waals surface area contributed by atoms with Crippen molar-refractivity contribution in [3.63, 3.8) is 0 Å². The average molecular weight is 483 g/mol. The van der Waals surface area contributed by atoms with E-state index in [2.05, 4.69) is 16.9 Å². The molecule has 34 heavy (non-hydrogen) atoms. The Morgan fingerprint density at radius 1 is 1.03 bits per heavy atom. The van der Waals surface area contributed by atoms with E-state index in [0.717, 1.165) is 22.4 Å². The van der Waals surface area contributed by atoms with Gasteiger partial charge in [-0.2, -0.15) is 5.10 Å². The molecule has 1 heterocycles. The van der Waals surface area contributed by atoms with Gasteiger partial charge in [-0.05, 0) is 61.7 Å². The minimum absolute atomic E-state index is 0.0272. The number of nitrogens with zero attached hydrogens (tertiary/aromatic N) is 3. The minimum atomic E-state index is -4.07. The van der Waals surface area contributed by atoms with Gasteiger partial charge in [0.15, 0.2) is 0 Å². The fourth-order valence-electron chi connectivity index (χ4n) is 3.86. The van der Waals surface area contributed by atoms with Crippen LogP contribution in [0, 0.1) is 20.8 Å². The molecule has 0 saturated carbocycles. The highest BCUT2D eigenvalue weighted by Gasteiger charge is 2.26. The zero-order valence-electron chi connectivity index (χ0n) is 21.2. The number of aryl methyl sites for hydroxylation is 3. The summed E-state index contributed by atoms with van der Waals surface area (Å²) < 4.78 is 29.9. The molecule has 1 N–H and O–H groups in total. The Kier molecular flexibility index (Phi) is 6.94. The third kappa shape index (κ3) is 5.50. The van der Waals surface area contributed by atoms with E-state index in [9.17, 15) is 13.2 Å². The van der Waals surface area contributed by atoms with Gasteiger partial charge in [-0.15, -0.1) is 0 Å². The summed E-state index contributed by atoms with van der Waals surface area (Å²) in [7, 11) is -0.418. The maximum Gasteiger partial charge on any atom is 0.283 e. The number of benzene rings is 2. The van der Waals surface area contributed by atoms with E-state index < -0.39 is 15.9 Å². The summed E-state index contributed by atoms with van der Waals surface area (Å²) in [6.07, 6.45) is 0. The highest BCUT2D eigenvalue weighted by Crippen LogP contribution is 2.25. The minimum Gasteiger partial charge on any atom is -0.378 e. The lowest BCUT2D eigenvalue weighted by Crippen LogP contribution is -2.32. The van der Waals surface area contributed by atoms with Gasteiger partial charge >= 0.3 is 0 Å². The van der Waals surface area contributed by atoms with Crippen molar-refractivity contribution in [3.8, 4) is 0 Å². The van der Waals surface area contributed by atoms with E-state index in [1.165, 1.54) is 17.7 Å². The molecule has 0 aliphatic heterocycles. The number of rotatable bonds is 6. The van der Waals surface area contributed by atoms with E-state index in [-0.39, 0.29) is 16.0 Å². The number of anilines is 1. The normalized spacial score (nSPS) is 12.0. The second kappa shape index (κ2) is 9.25. The molecule has 3 aromatic rings. The van der Waals surface area contributed by atoms with E-state index in [4.69, 9.17) is 5.10 Å². The Morgan fingerprint density at radius 3 is 2.21 bits per heavy atom. The molecule has 2 aromatic carbocycles. The molecular weight excluding hydrogens is 448 g/mol. The number of carbonyl (C=O) groups is 1. The highest BCUT2D eigenvalue weighted by molar-refractivity contribution is 7.90. The third-order valence-corrected chi connectivity index (χ3v) is 7.13. The largest absolute Gasteiger partial charge is 0.378 e. The lowest BCUT2D eigenvalue weighted by atomic mass is 9.92. The maximum absolute atomic E-state index is 13.3. The third-order valence-electron chi connectivity index (χ3n) is 5.80. The summed E-state index contributed by atoms with van der Waals surface area (Å²) in [5, 5.41) is 4.70. The Balaban J connectivity index is 2.01. The van der Waals surface area contributed by atoms with Crippen LogP contribution in [0.25, 0.3) is 0 Å². The van der Waals surface area contributed by atoms with Crippen LogP contribution in [-0.4, -0.2) is 38.2 Å². The Labute approximate surface area is 202 Å². The van der Waals surface area contributed by atoms with Crippen molar-refractivity contribution in [2.75, 3.05) is 19.0 Å². The Bertz CT molecular complexity index is 1310. The Hall–Kier alpha value is -3.13. The van der Waals surface area contributed by atoms with Crippen molar-refractivity contribution >= 4 is 21.6 Å². The van der Waals surface area contributed by atoms with Gasteiger partial charge in [-0.3, -0.25) is 9.48 Å². The van der Waals surface area contributed by atoms with Gasteiger partial charge in [-0.1, -0.05) is 44.5 Å². The molecule has 7 nitrogen and oxygen atoms in total. The number of aromatic nitrogens is 2. The average Bonchev–Trinajstić information content (AvgIpc) is 3.15. The van der Waals surface area contributed by atoms with Crippen LogP contribution in [0.4, 0.5) is 5.69 Å². The zero-order valence-corrected chi connectivity index (χ0v) is 22.0.